The van der Waals surface area contributed by atoms with Crippen LogP contribution in [0.3, 0.4) is 0 Å². The molecule has 0 aromatic heterocycles. The summed E-state index contributed by atoms with van der Waals surface area (Å²) in [5.41, 5.74) is 5.37. The molecule has 3 heteroatoms. The Morgan fingerprint density at radius 2 is 1.61 bits per heavy atom. The second kappa shape index (κ2) is 6.29. The second-order valence-corrected chi connectivity index (χ2v) is 7.44. The van der Waals surface area contributed by atoms with Gasteiger partial charge < -0.3 is 9.31 Å². The Bertz CT molecular complexity index is 613. The lowest BCUT2D eigenvalue weighted by Crippen LogP contribution is -2.41. The van der Waals surface area contributed by atoms with Crippen LogP contribution in [0.5, 0.6) is 0 Å². The maximum atomic E-state index is 6.33. The molecule has 0 spiro atoms. The molecule has 0 unspecified atom stereocenters. The highest BCUT2D eigenvalue weighted by atomic mass is 16.7. The van der Waals surface area contributed by atoms with E-state index in [2.05, 4.69) is 60.8 Å². The van der Waals surface area contributed by atoms with Crippen molar-refractivity contribution in [2.45, 2.75) is 65.6 Å². The fourth-order valence-corrected chi connectivity index (χ4v) is 3.16. The van der Waals surface area contributed by atoms with Gasteiger partial charge in [-0.25, -0.2) is 0 Å². The zero-order valence-corrected chi connectivity index (χ0v) is 15.5. The van der Waals surface area contributed by atoms with Gasteiger partial charge in [0.2, 0.25) is 0 Å². The van der Waals surface area contributed by atoms with Crippen LogP contribution in [0.1, 0.15) is 56.4 Å². The Morgan fingerprint density at radius 3 is 2.09 bits per heavy atom. The zero-order chi connectivity index (χ0) is 17.4. The molecule has 0 saturated carbocycles. The summed E-state index contributed by atoms with van der Waals surface area (Å²) >= 11 is 0. The first-order valence-electron chi connectivity index (χ1n) is 8.36. The van der Waals surface area contributed by atoms with Crippen LogP contribution < -0.4 is 5.46 Å². The second-order valence-electron chi connectivity index (χ2n) is 7.44. The van der Waals surface area contributed by atoms with Gasteiger partial charge in [0.1, 0.15) is 0 Å². The van der Waals surface area contributed by atoms with Crippen molar-refractivity contribution in [2.75, 3.05) is 0 Å². The summed E-state index contributed by atoms with van der Waals surface area (Å²) in [6.07, 6.45) is 5.76. The van der Waals surface area contributed by atoms with E-state index in [9.17, 15) is 0 Å². The van der Waals surface area contributed by atoms with Gasteiger partial charge in [0, 0.05) is 0 Å². The van der Waals surface area contributed by atoms with Crippen molar-refractivity contribution >= 4 is 18.7 Å². The van der Waals surface area contributed by atoms with Gasteiger partial charge in [-0.3, -0.25) is 0 Å². The molecule has 1 aromatic carbocycles. The molecule has 124 valence electrons. The van der Waals surface area contributed by atoms with E-state index in [4.69, 9.17) is 9.31 Å². The molecule has 0 bridgehead atoms. The third-order valence-electron chi connectivity index (χ3n) is 5.24. The Labute approximate surface area is 141 Å². The number of allylic oxidation sites excluding steroid dienone is 1. The van der Waals surface area contributed by atoms with Crippen molar-refractivity contribution in [2.24, 2.45) is 0 Å². The first kappa shape index (κ1) is 18.0. The number of rotatable bonds is 5. The summed E-state index contributed by atoms with van der Waals surface area (Å²) in [7, 11) is -0.355. The average molecular weight is 312 g/mol. The van der Waals surface area contributed by atoms with E-state index >= 15 is 0 Å². The van der Waals surface area contributed by atoms with E-state index in [0.717, 1.165) is 23.9 Å². The number of hydrogen-bond donors (Lipinski definition) is 0. The van der Waals surface area contributed by atoms with E-state index in [1.54, 1.807) is 0 Å². The lowest BCUT2D eigenvalue weighted by Gasteiger charge is -2.32. The summed E-state index contributed by atoms with van der Waals surface area (Å²) in [6.45, 7) is 20.5. The van der Waals surface area contributed by atoms with Gasteiger partial charge in [-0.2, -0.15) is 0 Å². The summed E-state index contributed by atoms with van der Waals surface area (Å²) in [6, 6.07) is 2.23. The standard InChI is InChI=1S/C20H29BO2/c1-9-11-12-17-15(4)13-14(3)16(10-2)18(17)21-22-19(5,6)20(7,8)23-21/h9-10,13H,1-2,11-12H2,3-8H3. The predicted molar refractivity (Wildman–Crippen MR) is 100 cm³/mol. The van der Waals surface area contributed by atoms with Crippen molar-refractivity contribution in [3.63, 3.8) is 0 Å². The minimum absolute atomic E-state index is 0.344. The molecule has 1 heterocycles. The zero-order valence-electron chi connectivity index (χ0n) is 15.5. The van der Waals surface area contributed by atoms with E-state index in [-0.39, 0.29) is 18.3 Å². The van der Waals surface area contributed by atoms with Crippen LogP contribution >= 0.6 is 0 Å². The van der Waals surface area contributed by atoms with Crippen molar-refractivity contribution in [3.05, 3.63) is 47.6 Å². The molecule has 0 radical (unpaired) electrons. The topological polar surface area (TPSA) is 18.5 Å². The summed E-state index contributed by atoms with van der Waals surface area (Å²) < 4.78 is 12.7. The van der Waals surface area contributed by atoms with Crippen LogP contribution in [-0.2, 0) is 15.7 Å². The molecule has 2 rings (SSSR count). The van der Waals surface area contributed by atoms with Crippen molar-refractivity contribution in [3.8, 4) is 0 Å². The van der Waals surface area contributed by atoms with E-state index in [0.29, 0.717) is 0 Å². The van der Waals surface area contributed by atoms with Crippen LogP contribution in [-0.4, -0.2) is 18.3 Å². The minimum atomic E-state index is -0.355. The van der Waals surface area contributed by atoms with E-state index < -0.39 is 0 Å². The quantitative estimate of drug-likeness (QED) is 0.594. The molecule has 0 N–H and O–H groups in total. The maximum absolute atomic E-state index is 6.33. The molecule has 1 aliphatic rings. The fourth-order valence-electron chi connectivity index (χ4n) is 3.16. The van der Waals surface area contributed by atoms with E-state index in [1.165, 1.54) is 16.7 Å². The van der Waals surface area contributed by atoms with E-state index in [1.807, 2.05) is 12.2 Å². The highest BCUT2D eigenvalue weighted by Gasteiger charge is 2.52. The molecule has 0 amide bonds. The van der Waals surface area contributed by atoms with Gasteiger partial charge >= 0.3 is 7.12 Å². The monoisotopic (exact) mass is 312 g/mol. The Morgan fingerprint density at radius 1 is 1.04 bits per heavy atom. The fraction of sp³-hybridized carbons (Fsp3) is 0.500. The van der Waals surface area contributed by atoms with Gasteiger partial charge in [-0.1, -0.05) is 24.8 Å². The highest BCUT2D eigenvalue weighted by molar-refractivity contribution is 6.63. The minimum Gasteiger partial charge on any atom is -0.399 e. The predicted octanol–water partition coefficient (Wildman–Crippen LogP) is 4.36. The first-order valence-corrected chi connectivity index (χ1v) is 8.36. The van der Waals surface area contributed by atoms with Crippen molar-refractivity contribution < 1.29 is 9.31 Å². The van der Waals surface area contributed by atoms with Gasteiger partial charge in [0.05, 0.1) is 11.2 Å². The van der Waals surface area contributed by atoms with Crippen molar-refractivity contribution in [1.82, 2.24) is 0 Å². The third kappa shape index (κ3) is 3.18. The smallest absolute Gasteiger partial charge is 0.399 e. The first-order chi connectivity index (χ1) is 10.6. The molecule has 0 atom stereocenters. The molecule has 1 fully saturated rings. The van der Waals surface area contributed by atoms with Crippen LogP contribution in [0.2, 0.25) is 0 Å². The molecule has 0 aliphatic carbocycles. The maximum Gasteiger partial charge on any atom is 0.495 e. The molecule has 1 aromatic rings. The highest BCUT2D eigenvalue weighted by Crippen LogP contribution is 2.37. The van der Waals surface area contributed by atoms with Crippen LogP contribution in [0.4, 0.5) is 0 Å². The largest absolute Gasteiger partial charge is 0.495 e. The Balaban J connectivity index is 2.60. The van der Waals surface area contributed by atoms with Crippen LogP contribution in [0, 0.1) is 13.8 Å². The van der Waals surface area contributed by atoms with Crippen molar-refractivity contribution in [1.29, 1.82) is 0 Å². The molecule has 1 aliphatic heterocycles. The van der Waals surface area contributed by atoms with Gasteiger partial charge in [0.25, 0.3) is 0 Å². The number of hydrogen-bond acceptors (Lipinski definition) is 2. The number of benzene rings is 1. The molecule has 1 saturated heterocycles. The summed E-state index contributed by atoms with van der Waals surface area (Å²) in [4.78, 5) is 0. The average Bonchev–Trinajstić information content (AvgIpc) is 2.65. The van der Waals surface area contributed by atoms with Crippen LogP contribution in [0.25, 0.3) is 6.08 Å². The lowest BCUT2D eigenvalue weighted by molar-refractivity contribution is 0.00578. The lowest BCUT2D eigenvalue weighted by atomic mass is 9.69. The van der Waals surface area contributed by atoms with Gasteiger partial charge in [-0.05, 0) is 82.1 Å². The molecular weight excluding hydrogens is 283 g/mol. The molecule has 23 heavy (non-hydrogen) atoms. The Kier molecular flexibility index (Phi) is 4.93. The third-order valence-corrected chi connectivity index (χ3v) is 5.24. The SMILES string of the molecule is C=CCCc1c(C)cc(C)c(C=C)c1B1OC(C)(C)C(C)(C)O1. The van der Waals surface area contributed by atoms with Crippen LogP contribution in [0.15, 0.2) is 25.3 Å². The number of aryl methyl sites for hydroxylation is 2. The van der Waals surface area contributed by atoms with Gasteiger partial charge in [0.15, 0.2) is 0 Å². The summed E-state index contributed by atoms with van der Waals surface area (Å²) in [5, 5.41) is 0. The molecular formula is C20H29BO2. The Hall–Kier alpha value is -1.32. The normalized spacial score (nSPS) is 19.0. The van der Waals surface area contributed by atoms with Gasteiger partial charge in [-0.15, -0.1) is 6.58 Å². The summed E-state index contributed by atoms with van der Waals surface area (Å²) in [5.74, 6) is 0. The molecule has 2 nitrogen and oxygen atoms in total.